The van der Waals surface area contributed by atoms with Gasteiger partial charge < -0.3 is 10.3 Å². The van der Waals surface area contributed by atoms with Crippen LogP contribution in [-0.4, -0.2) is 11.6 Å². The first-order valence-corrected chi connectivity index (χ1v) is 3.45. The van der Waals surface area contributed by atoms with Crippen molar-refractivity contribution in [2.24, 2.45) is 5.73 Å². The van der Waals surface area contributed by atoms with Crippen molar-refractivity contribution in [1.82, 2.24) is 5.16 Å². The highest BCUT2D eigenvalue weighted by atomic mass is 19.3. The second-order valence-electron chi connectivity index (χ2n) is 2.92. The highest BCUT2D eigenvalue weighted by molar-refractivity contribution is 5.13. The Bertz CT molecular complexity index is 270. The molecule has 3 nitrogen and oxygen atoms in total. The number of nitrogens with two attached hydrogens (primary N) is 1. The van der Waals surface area contributed by atoms with Gasteiger partial charge in [-0.25, -0.2) is 8.78 Å². The summed E-state index contributed by atoms with van der Waals surface area (Å²) in [5.41, 5.74) is 4.11. The van der Waals surface area contributed by atoms with Gasteiger partial charge in [-0.3, -0.25) is 0 Å². The van der Waals surface area contributed by atoms with Gasteiger partial charge >= 0.3 is 0 Å². The third-order valence-electron chi connectivity index (χ3n) is 1.61. The van der Waals surface area contributed by atoms with E-state index < -0.39 is 12.0 Å². The van der Waals surface area contributed by atoms with Gasteiger partial charge in [-0.05, 0) is 13.8 Å². The first-order chi connectivity index (χ1) is 5.44. The maximum atomic E-state index is 12.3. The van der Waals surface area contributed by atoms with Crippen LogP contribution in [0.5, 0.6) is 0 Å². The Morgan fingerprint density at radius 1 is 1.67 bits per heavy atom. The summed E-state index contributed by atoms with van der Waals surface area (Å²) in [5, 5.41) is 3.48. The van der Waals surface area contributed by atoms with Crippen molar-refractivity contribution in [3.8, 4) is 0 Å². The van der Waals surface area contributed by atoms with Crippen molar-refractivity contribution in [1.29, 1.82) is 0 Å². The lowest BCUT2D eigenvalue weighted by molar-refractivity contribution is 0.0464. The molecule has 0 aliphatic rings. The first-order valence-electron chi connectivity index (χ1n) is 3.45. The molecule has 0 saturated heterocycles. The maximum Gasteiger partial charge on any atom is 0.263 e. The molecule has 1 unspecified atom stereocenters. The molecule has 1 aromatic rings. The quantitative estimate of drug-likeness (QED) is 0.741. The summed E-state index contributed by atoms with van der Waals surface area (Å²) >= 11 is 0. The largest absolute Gasteiger partial charge is 0.359 e. The third kappa shape index (κ3) is 1.45. The van der Waals surface area contributed by atoms with Crippen LogP contribution in [0.2, 0.25) is 0 Å². The van der Waals surface area contributed by atoms with Crippen molar-refractivity contribution in [3.63, 3.8) is 0 Å². The number of hydrogen-bond donors (Lipinski definition) is 1. The molecule has 12 heavy (non-hydrogen) atoms. The van der Waals surface area contributed by atoms with E-state index in [-0.39, 0.29) is 5.76 Å². The number of nitrogens with zero attached hydrogens (tertiary/aromatic N) is 1. The second kappa shape index (κ2) is 2.82. The molecule has 0 bridgehead atoms. The molecule has 68 valence electrons. The Morgan fingerprint density at radius 3 is 2.58 bits per heavy atom. The van der Waals surface area contributed by atoms with Gasteiger partial charge in [0.15, 0.2) is 5.76 Å². The lowest BCUT2D eigenvalue weighted by Crippen LogP contribution is -2.40. The number of halogens is 2. The third-order valence-corrected chi connectivity index (χ3v) is 1.61. The van der Waals surface area contributed by atoms with Gasteiger partial charge in [-0.2, -0.15) is 0 Å². The summed E-state index contributed by atoms with van der Waals surface area (Å²) in [6.45, 7) is 2.85. The molecule has 2 N–H and O–H groups in total. The fourth-order valence-electron chi connectivity index (χ4n) is 0.725. The minimum Gasteiger partial charge on any atom is -0.359 e. The summed E-state index contributed by atoms with van der Waals surface area (Å²) in [6.07, 6.45) is -2.66. The molecule has 0 amide bonds. The number of aromatic nitrogens is 1. The van der Waals surface area contributed by atoms with E-state index in [4.69, 9.17) is 5.73 Å². The molecule has 5 heteroatoms. The summed E-state index contributed by atoms with van der Waals surface area (Å²) in [6, 6.07) is 1.41. The molecular formula is C7H10F2N2O. The van der Waals surface area contributed by atoms with E-state index in [0.717, 1.165) is 0 Å². The Morgan fingerprint density at radius 2 is 2.25 bits per heavy atom. The summed E-state index contributed by atoms with van der Waals surface area (Å²) < 4.78 is 29.2. The smallest absolute Gasteiger partial charge is 0.263 e. The van der Waals surface area contributed by atoms with E-state index in [1.807, 2.05) is 0 Å². The van der Waals surface area contributed by atoms with Gasteiger partial charge in [0.2, 0.25) is 0 Å². The fraction of sp³-hybridized carbons (Fsp3) is 0.571. The zero-order chi connectivity index (χ0) is 9.35. The second-order valence-corrected chi connectivity index (χ2v) is 2.92. The average molecular weight is 176 g/mol. The van der Waals surface area contributed by atoms with E-state index in [1.165, 1.54) is 13.0 Å². The number of hydrogen-bond acceptors (Lipinski definition) is 3. The molecule has 0 radical (unpaired) electrons. The van der Waals surface area contributed by atoms with Crippen molar-refractivity contribution in [3.05, 3.63) is 17.5 Å². The summed E-state index contributed by atoms with van der Waals surface area (Å²) in [5.74, 6) is 0.00926. The number of rotatable bonds is 2. The molecule has 0 saturated carbocycles. The van der Waals surface area contributed by atoms with E-state index in [2.05, 4.69) is 9.68 Å². The predicted octanol–water partition coefficient (Wildman–Crippen LogP) is 1.42. The zero-order valence-corrected chi connectivity index (χ0v) is 6.84. The van der Waals surface area contributed by atoms with Crippen molar-refractivity contribution in [2.45, 2.75) is 25.8 Å². The Balaban J connectivity index is 2.97. The predicted molar refractivity (Wildman–Crippen MR) is 38.8 cm³/mol. The van der Waals surface area contributed by atoms with Crippen LogP contribution in [0.3, 0.4) is 0 Å². The van der Waals surface area contributed by atoms with Gasteiger partial charge in [0.1, 0.15) is 5.54 Å². The van der Waals surface area contributed by atoms with Crippen LogP contribution in [0.4, 0.5) is 8.78 Å². The van der Waals surface area contributed by atoms with Crippen LogP contribution in [0.15, 0.2) is 10.6 Å². The molecule has 0 aliphatic heterocycles. The normalized spacial score (nSPS) is 16.5. The lowest BCUT2D eigenvalue weighted by Gasteiger charge is -2.19. The van der Waals surface area contributed by atoms with Gasteiger partial charge in [0.05, 0.1) is 5.69 Å². The van der Waals surface area contributed by atoms with E-state index in [1.54, 1.807) is 6.92 Å². The van der Waals surface area contributed by atoms with Crippen LogP contribution in [0.1, 0.15) is 18.4 Å². The minimum absolute atomic E-state index is 0.00926. The average Bonchev–Trinajstić information content (AvgIpc) is 2.35. The zero-order valence-electron chi connectivity index (χ0n) is 6.84. The van der Waals surface area contributed by atoms with Crippen LogP contribution in [-0.2, 0) is 5.54 Å². The van der Waals surface area contributed by atoms with Crippen molar-refractivity contribution < 1.29 is 13.3 Å². The monoisotopic (exact) mass is 176 g/mol. The highest BCUT2D eigenvalue weighted by Crippen LogP contribution is 2.25. The maximum absolute atomic E-state index is 12.3. The molecule has 0 aromatic carbocycles. The molecule has 0 fully saturated rings. The molecular weight excluding hydrogens is 166 g/mol. The Hall–Kier alpha value is -0.970. The van der Waals surface area contributed by atoms with Crippen molar-refractivity contribution in [2.75, 3.05) is 0 Å². The van der Waals surface area contributed by atoms with E-state index in [9.17, 15) is 8.78 Å². The molecule has 1 heterocycles. The molecule has 0 spiro atoms. The number of alkyl halides is 2. The minimum atomic E-state index is -2.66. The van der Waals surface area contributed by atoms with Gasteiger partial charge in [0.25, 0.3) is 6.43 Å². The number of aryl methyl sites for hydroxylation is 1. The molecule has 1 rings (SSSR count). The van der Waals surface area contributed by atoms with Gasteiger partial charge in [-0.15, -0.1) is 0 Å². The fourth-order valence-corrected chi connectivity index (χ4v) is 0.725. The highest BCUT2D eigenvalue weighted by Gasteiger charge is 2.36. The van der Waals surface area contributed by atoms with Crippen molar-refractivity contribution >= 4 is 0 Å². The van der Waals surface area contributed by atoms with Gasteiger partial charge in [-0.1, -0.05) is 5.16 Å². The molecule has 1 aromatic heterocycles. The standard InChI is InChI=1S/C7H10F2N2O/c1-4-3-5(12-11-4)7(2,10)6(8)9/h3,6H,10H2,1-2H3. The Kier molecular flexibility index (Phi) is 2.14. The molecule has 0 aliphatic carbocycles. The van der Waals surface area contributed by atoms with Crippen LogP contribution in [0.25, 0.3) is 0 Å². The molecule has 1 atom stereocenters. The van der Waals surface area contributed by atoms with Crippen LogP contribution < -0.4 is 5.73 Å². The van der Waals surface area contributed by atoms with Gasteiger partial charge in [0, 0.05) is 6.07 Å². The van der Waals surface area contributed by atoms with E-state index >= 15 is 0 Å². The van der Waals surface area contributed by atoms with Crippen LogP contribution in [0, 0.1) is 6.92 Å². The summed E-state index contributed by atoms with van der Waals surface area (Å²) in [7, 11) is 0. The van der Waals surface area contributed by atoms with Crippen LogP contribution >= 0.6 is 0 Å². The summed E-state index contributed by atoms with van der Waals surface area (Å²) in [4.78, 5) is 0. The Labute approximate surface area is 68.5 Å². The van der Waals surface area contributed by atoms with E-state index in [0.29, 0.717) is 5.69 Å². The lowest BCUT2D eigenvalue weighted by atomic mass is 10.0. The topological polar surface area (TPSA) is 52.0 Å². The first kappa shape index (κ1) is 9.12. The SMILES string of the molecule is Cc1cc(C(C)(N)C(F)F)on1.